The summed E-state index contributed by atoms with van der Waals surface area (Å²) in [5.41, 5.74) is 0.663. The second-order valence-corrected chi connectivity index (χ2v) is 9.44. The molecular weight excluding hydrogens is 356 g/mol. The van der Waals surface area contributed by atoms with E-state index in [1.807, 2.05) is 48.5 Å². The number of Topliss-reactive ketones (excluding diaryl/α,β-unsaturated/α-hetero) is 1. The number of sulfone groups is 1. The number of hydrogen-bond donors (Lipinski definition) is 0. The Kier molecular flexibility index (Phi) is 4.83. The summed E-state index contributed by atoms with van der Waals surface area (Å²) in [6.45, 7) is 0. The summed E-state index contributed by atoms with van der Waals surface area (Å²) >= 11 is 0. The number of rotatable bonds is 5. The highest BCUT2D eigenvalue weighted by atomic mass is 32.2. The molecule has 0 N–H and O–H groups in total. The normalized spacial score (nSPS) is 20.0. The second-order valence-electron chi connectivity index (χ2n) is 7.28. The lowest BCUT2D eigenvalue weighted by Crippen LogP contribution is -2.27. The first kappa shape index (κ1) is 17.9. The number of carbonyl (C=O) groups is 1. The van der Waals surface area contributed by atoms with E-state index in [2.05, 4.69) is 0 Å². The van der Waals surface area contributed by atoms with Crippen molar-refractivity contribution in [2.75, 3.05) is 0 Å². The van der Waals surface area contributed by atoms with Gasteiger partial charge in [0.25, 0.3) is 0 Å². The third-order valence-corrected chi connectivity index (χ3v) is 7.93. The van der Waals surface area contributed by atoms with Gasteiger partial charge in [-0.15, -0.1) is 0 Å². The average molecular weight is 378 g/mol. The minimum absolute atomic E-state index is 0.0286. The highest BCUT2D eigenvalue weighted by molar-refractivity contribution is 7.92. The van der Waals surface area contributed by atoms with Crippen molar-refractivity contribution in [3.8, 4) is 0 Å². The third-order valence-electron chi connectivity index (χ3n) is 5.58. The van der Waals surface area contributed by atoms with Crippen molar-refractivity contribution in [1.29, 1.82) is 0 Å². The van der Waals surface area contributed by atoms with Gasteiger partial charge in [0.15, 0.2) is 15.6 Å². The van der Waals surface area contributed by atoms with Crippen LogP contribution in [0.1, 0.15) is 36.0 Å². The largest absolute Gasteiger partial charge is 0.294 e. The van der Waals surface area contributed by atoms with Gasteiger partial charge in [-0.2, -0.15) is 0 Å². The van der Waals surface area contributed by atoms with Crippen molar-refractivity contribution in [2.24, 2.45) is 5.92 Å². The van der Waals surface area contributed by atoms with Gasteiger partial charge in [-0.25, -0.2) is 8.42 Å². The fraction of sp³-hybridized carbons (Fsp3) is 0.261. The molecule has 0 aromatic heterocycles. The fourth-order valence-electron chi connectivity index (χ4n) is 4.15. The Morgan fingerprint density at radius 1 is 0.852 bits per heavy atom. The summed E-state index contributed by atoms with van der Waals surface area (Å²) in [7, 11) is -3.40. The van der Waals surface area contributed by atoms with Crippen LogP contribution in [0, 0.1) is 5.92 Å². The van der Waals surface area contributed by atoms with Crippen LogP contribution in [0.4, 0.5) is 0 Å². The van der Waals surface area contributed by atoms with Crippen LogP contribution in [0.3, 0.4) is 0 Å². The van der Waals surface area contributed by atoms with Gasteiger partial charge in [0, 0.05) is 12.0 Å². The molecule has 138 valence electrons. The molecule has 3 aromatic rings. The molecule has 0 amide bonds. The summed E-state index contributed by atoms with van der Waals surface area (Å²) < 4.78 is 26.1. The quantitative estimate of drug-likeness (QED) is 0.584. The van der Waals surface area contributed by atoms with Crippen LogP contribution >= 0.6 is 0 Å². The zero-order valence-corrected chi connectivity index (χ0v) is 15.9. The molecule has 2 atom stereocenters. The zero-order chi connectivity index (χ0) is 18.9. The fourth-order valence-corrected chi connectivity index (χ4v) is 6.25. The van der Waals surface area contributed by atoms with Gasteiger partial charge < -0.3 is 0 Å². The number of ketones is 1. The molecule has 0 spiro atoms. The predicted octanol–water partition coefficient (Wildman–Crippen LogP) is 5.06. The highest BCUT2D eigenvalue weighted by Crippen LogP contribution is 2.37. The Morgan fingerprint density at radius 3 is 2.33 bits per heavy atom. The lowest BCUT2D eigenvalue weighted by Gasteiger charge is -2.19. The Bertz CT molecular complexity index is 1070. The maximum absolute atomic E-state index is 13.0. The van der Waals surface area contributed by atoms with Crippen molar-refractivity contribution in [1.82, 2.24) is 0 Å². The van der Waals surface area contributed by atoms with Crippen molar-refractivity contribution in [2.45, 2.75) is 35.8 Å². The maximum atomic E-state index is 13.0. The Labute approximate surface area is 160 Å². The van der Waals surface area contributed by atoms with Crippen LogP contribution in [0.25, 0.3) is 10.8 Å². The molecule has 0 bridgehead atoms. The van der Waals surface area contributed by atoms with E-state index in [-0.39, 0.29) is 18.1 Å². The van der Waals surface area contributed by atoms with Gasteiger partial charge in [0.05, 0.1) is 10.1 Å². The zero-order valence-electron chi connectivity index (χ0n) is 15.0. The minimum Gasteiger partial charge on any atom is -0.294 e. The van der Waals surface area contributed by atoms with Crippen LogP contribution in [0.5, 0.6) is 0 Å². The molecule has 1 aliphatic carbocycles. The molecule has 0 unspecified atom stereocenters. The van der Waals surface area contributed by atoms with Gasteiger partial charge in [0.2, 0.25) is 0 Å². The maximum Gasteiger partial charge on any atom is 0.181 e. The Hall–Kier alpha value is -2.46. The number of hydrogen-bond acceptors (Lipinski definition) is 3. The second kappa shape index (κ2) is 7.28. The van der Waals surface area contributed by atoms with E-state index in [0.717, 1.165) is 23.6 Å². The first-order valence-corrected chi connectivity index (χ1v) is 10.9. The van der Waals surface area contributed by atoms with Gasteiger partial charge in [-0.3, -0.25) is 4.79 Å². The summed E-state index contributed by atoms with van der Waals surface area (Å²) in [6, 6.07) is 22.3. The van der Waals surface area contributed by atoms with Gasteiger partial charge in [-0.05, 0) is 47.7 Å². The molecule has 3 aromatic carbocycles. The van der Waals surface area contributed by atoms with Crippen LogP contribution < -0.4 is 0 Å². The molecule has 4 heteroatoms. The Morgan fingerprint density at radius 2 is 1.56 bits per heavy atom. The molecular formula is C23H22O3S. The third kappa shape index (κ3) is 3.54. The molecule has 1 fully saturated rings. The van der Waals surface area contributed by atoms with E-state index in [1.165, 1.54) is 0 Å². The molecule has 1 saturated carbocycles. The highest BCUT2D eigenvalue weighted by Gasteiger charge is 2.39. The standard InChI is InChI=1S/C23H22O3S/c24-22(19-14-13-17-7-4-5-8-18(17)15-19)16-20-9-6-12-23(20)27(25,26)21-10-2-1-3-11-21/h1-5,7-8,10-11,13-15,20,23H,6,9,12,16H2/t20-,23+/m1/s1. The van der Waals surface area contributed by atoms with Crippen LogP contribution in [-0.4, -0.2) is 19.5 Å². The summed E-state index contributed by atoms with van der Waals surface area (Å²) in [5, 5.41) is 1.66. The molecule has 0 heterocycles. The molecule has 3 nitrogen and oxygen atoms in total. The first-order valence-electron chi connectivity index (χ1n) is 9.36. The van der Waals surface area contributed by atoms with E-state index < -0.39 is 15.1 Å². The van der Waals surface area contributed by atoms with E-state index >= 15 is 0 Å². The van der Waals surface area contributed by atoms with E-state index in [1.54, 1.807) is 24.3 Å². The Balaban J connectivity index is 1.56. The van der Waals surface area contributed by atoms with Gasteiger partial charge >= 0.3 is 0 Å². The SMILES string of the molecule is O=C(C[C@H]1CCC[C@@H]1S(=O)(=O)c1ccccc1)c1ccc2ccccc2c1. The van der Waals surface area contributed by atoms with Gasteiger partial charge in [0.1, 0.15) is 0 Å². The minimum atomic E-state index is -3.40. The first-order chi connectivity index (χ1) is 13.1. The lowest BCUT2D eigenvalue weighted by molar-refractivity contribution is 0.0963. The topological polar surface area (TPSA) is 51.2 Å². The van der Waals surface area contributed by atoms with Crippen molar-refractivity contribution >= 4 is 26.4 Å². The van der Waals surface area contributed by atoms with Crippen LogP contribution in [0.15, 0.2) is 77.7 Å². The van der Waals surface area contributed by atoms with Crippen molar-refractivity contribution in [3.05, 3.63) is 78.4 Å². The van der Waals surface area contributed by atoms with Crippen molar-refractivity contribution < 1.29 is 13.2 Å². The lowest BCUT2D eigenvalue weighted by atomic mass is 9.95. The van der Waals surface area contributed by atoms with Crippen LogP contribution in [0.2, 0.25) is 0 Å². The van der Waals surface area contributed by atoms with Crippen molar-refractivity contribution in [3.63, 3.8) is 0 Å². The molecule has 0 aliphatic heterocycles. The average Bonchev–Trinajstić information content (AvgIpc) is 3.17. The summed E-state index contributed by atoms with van der Waals surface area (Å²) in [4.78, 5) is 13.2. The summed E-state index contributed by atoms with van der Waals surface area (Å²) in [6.07, 6.45) is 2.56. The van der Waals surface area contributed by atoms with E-state index in [9.17, 15) is 13.2 Å². The molecule has 0 saturated heterocycles. The van der Waals surface area contributed by atoms with E-state index in [4.69, 9.17) is 0 Å². The molecule has 1 aliphatic rings. The number of fused-ring (bicyclic) bond motifs is 1. The molecule has 4 rings (SSSR count). The van der Waals surface area contributed by atoms with Gasteiger partial charge in [-0.1, -0.05) is 61.0 Å². The number of carbonyl (C=O) groups excluding carboxylic acids is 1. The van der Waals surface area contributed by atoms with E-state index in [0.29, 0.717) is 16.9 Å². The monoisotopic (exact) mass is 378 g/mol. The number of benzene rings is 3. The van der Waals surface area contributed by atoms with Crippen LogP contribution in [-0.2, 0) is 9.84 Å². The molecule has 0 radical (unpaired) electrons. The smallest absolute Gasteiger partial charge is 0.181 e. The summed E-state index contributed by atoms with van der Waals surface area (Å²) in [5.74, 6) is -0.0879. The predicted molar refractivity (Wildman–Crippen MR) is 108 cm³/mol. The molecule has 27 heavy (non-hydrogen) atoms.